The highest BCUT2D eigenvalue weighted by Crippen LogP contribution is 2.12. The molecule has 1 N–H and O–H groups in total. The van der Waals surface area contributed by atoms with Gasteiger partial charge in [0.1, 0.15) is 4.99 Å². The van der Waals surface area contributed by atoms with Crippen LogP contribution in [-0.2, 0) is 0 Å². The van der Waals surface area contributed by atoms with Gasteiger partial charge in [-0.15, -0.1) is 11.8 Å². The Hall–Kier alpha value is -0.0200. The number of thioether (sulfide) groups is 1. The zero-order chi connectivity index (χ0) is 7.98. The highest BCUT2D eigenvalue weighted by molar-refractivity contribution is 8.05. The lowest BCUT2D eigenvalue weighted by Crippen LogP contribution is -2.20. The fourth-order valence-corrected chi connectivity index (χ4v) is 1.37. The summed E-state index contributed by atoms with van der Waals surface area (Å²) in [4.78, 5) is 1.76. The molecule has 0 aliphatic heterocycles. The van der Waals surface area contributed by atoms with Gasteiger partial charge in [-0.25, -0.2) is 0 Å². The molecule has 0 aliphatic rings. The van der Waals surface area contributed by atoms with Gasteiger partial charge in [-0.1, -0.05) is 25.7 Å². The molecule has 0 saturated carbocycles. The normalized spacial score (nSPS) is 9.00. The van der Waals surface area contributed by atoms with Crippen molar-refractivity contribution in [3.63, 3.8) is 0 Å². The van der Waals surface area contributed by atoms with Crippen LogP contribution in [0.15, 0.2) is 11.5 Å². The maximum absolute atomic E-state index is 5.01. The largest absolute Gasteiger partial charge is 0.376 e. The third kappa shape index (κ3) is 3.90. The molecule has 0 bridgehead atoms. The van der Waals surface area contributed by atoms with E-state index in [1.807, 2.05) is 6.92 Å². The molecule has 0 spiro atoms. The Morgan fingerprint density at radius 1 is 1.60 bits per heavy atom. The molecule has 0 atom stereocenters. The predicted octanol–water partition coefficient (Wildman–Crippen LogP) is 2.19. The molecule has 3 heteroatoms. The van der Waals surface area contributed by atoms with E-state index in [1.165, 1.54) is 0 Å². The first kappa shape index (κ1) is 9.98. The van der Waals surface area contributed by atoms with Gasteiger partial charge in [0.05, 0.1) is 0 Å². The molecule has 10 heavy (non-hydrogen) atoms. The van der Waals surface area contributed by atoms with Gasteiger partial charge in [-0.05, 0) is 12.7 Å². The molecule has 1 nitrogen and oxygen atoms in total. The first-order valence-electron chi connectivity index (χ1n) is 3.32. The fourth-order valence-electron chi connectivity index (χ4n) is 0.499. The minimum atomic E-state index is 0.786. The second-order valence-corrected chi connectivity index (χ2v) is 3.48. The lowest BCUT2D eigenvalue weighted by molar-refractivity contribution is 0.985. The van der Waals surface area contributed by atoms with Gasteiger partial charge in [0.2, 0.25) is 0 Å². The van der Waals surface area contributed by atoms with Gasteiger partial charge in [0.25, 0.3) is 0 Å². The number of nitrogens with one attached hydrogen (secondary N) is 1. The average Bonchev–Trinajstić information content (AvgIpc) is 1.89. The van der Waals surface area contributed by atoms with Crippen LogP contribution in [0.4, 0.5) is 0 Å². The van der Waals surface area contributed by atoms with E-state index in [4.69, 9.17) is 12.2 Å². The van der Waals surface area contributed by atoms with Crippen LogP contribution in [-0.4, -0.2) is 17.3 Å². The molecule has 0 aromatic carbocycles. The zero-order valence-electron chi connectivity index (χ0n) is 6.44. The summed E-state index contributed by atoms with van der Waals surface area (Å²) in [6.45, 7) is 8.81. The molecule has 0 heterocycles. The van der Waals surface area contributed by atoms with Gasteiger partial charge < -0.3 is 5.32 Å². The Kier molecular flexibility index (Phi) is 5.73. The zero-order valence-corrected chi connectivity index (χ0v) is 8.07. The minimum absolute atomic E-state index is 0.786. The summed E-state index contributed by atoms with van der Waals surface area (Å²) >= 11 is 6.69. The van der Waals surface area contributed by atoms with Crippen molar-refractivity contribution < 1.29 is 0 Å². The molecule has 0 radical (unpaired) electrons. The first-order chi connectivity index (χ1) is 4.72. The number of likely N-dealkylation sites (N-methyl/N-ethyl adjacent to an activating group) is 1. The topological polar surface area (TPSA) is 12.0 Å². The summed E-state index contributed by atoms with van der Waals surface area (Å²) in [6.07, 6.45) is 0. The van der Waals surface area contributed by atoms with E-state index in [2.05, 4.69) is 18.8 Å². The highest BCUT2D eigenvalue weighted by atomic mass is 32.2. The SMILES string of the molecule is C=C(SCC)C(=S)NCC. The van der Waals surface area contributed by atoms with E-state index in [-0.39, 0.29) is 0 Å². The molecular formula is C7H13NS2. The van der Waals surface area contributed by atoms with Crippen LogP contribution in [0.1, 0.15) is 13.8 Å². The van der Waals surface area contributed by atoms with Crippen molar-refractivity contribution in [2.45, 2.75) is 13.8 Å². The quantitative estimate of drug-likeness (QED) is 0.519. The van der Waals surface area contributed by atoms with Gasteiger partial charge in [0.15, 0.2) is 0 Å². The Bertz CT molecular complexity index is 116. The predicted molar refractivity (Wildman–Crippen MR) is 53.5 cm³/mol. The van der Waals surface area contributed by atoms with Crippen molar-refractivity contribution in [2.24, 2.45) is 0 Å². The Morgan fingerprint density at radius 3 is 2.60 bits per heavy atom. The van der Waals surface area contributed by atoms with Crippen LogP contribution < -0.4 is 5.32 Å². The molecule has 0 aromatic rings. The van der Waals surface area contributed by atoms with Crippen LogP contribution >= 0.6 is 24.0 Å². The Balaban J connectivity index is 3.60. The van der Waals surface area contributed by atoms with Gasteiger partial charge in [-0.2, -0.15) is 0 Å². The summed E-state index contributed by atoms with van der Waals surface area (Å²) in [5, 5.41) is 3.04. The van der Waals surface area contributed by atoms with Gasteiger partial charge in [-0.3, -0.25) is 0 Å². The van der Waals surface area contributed by atoms with E-state index in [9.17, 15) is 0 Å². The van der Waals surface area contributed by atoms with Crippen molar-refractivity contribution in [3.8, 4) is 0 Å². The lowest BCUT2D eigenvalue weighted by atomic mass is 10.6. The average molecular weight is 175 g/mol. The minimum Gasteiger partial charge on any atom is -0.376 e. The Morgan fingerprint density at radius 2 is 2.20 bits per heavy atom. The first-order valence-corrected chi connectivity index (χ1v) is 4.71. The molecule has 58 valence electrons. The summed E-state index contributed by atoms with van der Waals surface area (Å²) in [5.41, 5.74) is 0. The summed E-state index contributed by atoms with van der Waals surface area (Å²) in [5.74, 6) is 1.03. The maximum Gasteiger partial charge on any atom is 0.112 e. The number of rotatable bonds is 4. The van der Waals surface area contributed by atoms with Gasteiger partial charge >= 0.3 is 0 Å². The van der Waals surface area contributed by atoms with E-state index < -0.39 is 0 Å². The van der Waals surface area contributed by atoms with E-state index in [0.717, 1.165) is 22.2 Å². The van der Waals surface area contributed by atoms with E-state index in [0.29, 0.717) is 0 Å². The third-order valence-electron chi connectivity index (χ3n) is 0.909. The second-order valence-electron chi connectivity index (χ2n) is 1.72. The maximum atomic E-state index is 5.01. The third-order valence-corrected chi connectivity index (χ3v) is 2.27. The molecular weight excluding hydrogens is 162 g/mol. The van der Waals surface area contributed by atoms with Crippen molar-refractivity contribution >= 4 is 29.0 Å². The molecule has 0 unspecified atom stereocenters. The summed E-state index contributed by atoms with van der Waals surface area (Å²) in [6, 6.07) is 0. The molecule has 0 saturated heterocycles. The Labute approximate surface area is 72.3 Å². The van der Waals surface area contributed by atoms with Gasteiger partial charge in [0, 0.05) is 11.4 Å². The smallest absolute Gasteiger partial charge is 0.112 e. The summed E-state index contributed by atoms with van der Waals surface area (Å²) in [7, 11) is 0. The van der Waals surface area contributed by atoms with Crippen LogP contribution in [0, 0.1) is 0 Å². The highest BCUT2D eigenvalue weighted by Gasteiger charge is 1.98. The molecule has 0 amide bonds. The monoisotopic (exact) mass is 175 g/mol. The van der Waals surface area contributed by atoms with E-state index in [1.54, 1.807) is 11.8 Å². The standard InChI is InChI=1S/C7H13NS2/c1-4-8-7(9)6(3)10-5-2/h3-5H2,1-2H3,(H,8,9). The van der Waals surface area contributed by atoms with Crippen molar-refractivity contribution in [3.05, 3.63) is 11.5 Å². The van der Waals surface area contributed by atoms with E-state index >= 15 is 0 Å². The second kappa shape index (κ2) is 5.74. The molecule has 0 rings (SSSR count). The van der Waals surface area contributed by atoms with Crippen molar-refractivity contribution in [1.29, 1.82) is 0 Å². The van der Waals surface area contributed by atoms with Crippen LogP contribution in [0.25, 0.3) is 0 Å². The van der Waals surface area contributed by atoms with Crippen LogP contribution in [0.5, 0.6) is 0 Å². The molecule has 0 aromatic heterocycles. The van der Waals surface area contributed by atoms with Crippen molar-refractivity contribution in [2.75, 3.05) is 12.3 Å². The number of thiocarbonyl (C=S) groups is 1. The summed E-state index contributed by atoms with van der Waals surface area (Å²) < 4.78 is 0. The number of hydrogen-bond donors (Lipinski definition) is 1. The van der Waals surface area contributed by atoms with Crippen molar-refractivity contribution in [1.82, 2.24) is 5.32 Å². The lowest BCUT2D eigenvalue weighted by Gasteiger charge is -2.05. The van der Waals surface area contributed by atoms with Crippen LogP contribution in [0.2, 0.25) is 0 Å². The molecule has 0 fully saturated rings. The van der Waals surface area contributed by atoms with Crippen LogP contribution in [0.3, 0.4) is 0 Å². The fraction of sp³-hybridized carbons (Fsp3) is 0.571. The number of hydrogen-bond acceptors (Lipinski definition) is 2. The molecule has 0 aliphatic carbocycles.